The van der Waals surface area contributed by atoms with E-state index < -0.39 is 0 Å². The quantitative estimate of drug-likeness (QED) is 0.801. The summed E-state index contributed by atoms with van der Waals surface area (Å²) in [6.07, 6.45) is 1.74. The normalized spacial score (nSPS) is 9.76. The molecule has 0 unspecified atom stereocenters. The first-order chi connectivity index (χ1) is 10.1. The van der Waals surface area contributed by atoms with Gasteiger partial charge in [0, 0.05) is 20.3 Å². The molecule has 0 saturated carbocycles. The molecule has 2 aromatic carbocycles. The first kappa shape index (κ1) is 14.7. The maximum atomic E-state index is 9.39. The van der Waals surface area contributed by atoms with Crippen LogP contribution in [0.25, 0.3) is 0 Å². The summed E-state index contributed by atoms with van der Waals surface area (Å²) in [5.41, 5.74) is 4.62. The van der Waals surface area contributed by atoms with E-state index in [0.717, 1.165) is 22.5 Å². The summed E-state index contributed by atoms with van der Waals surface area (Å²) < 4.78 is 0. The van der Waals surface area contributed by atoms with Crippen LogP contribution < -0.4 is 15.3 Å². The summed E-state index contributed by atoms with van der Waals surface area (Å²) in [4.78, 5) is 4.00. The number of hydrogen-bond donors (Lipinski definition) is 0. The Labute approximate surface area is 127 Å². The first-order valence-electron chi connectivity index (χ1n) is 6.77. The summed E-state index contributed by atoms with van der Waals surface area (Å²) in [6, 6.07) is 16.2. The van der Waals surface area contributed by atoms with Crippen LogP contribution in [0.4, 0.5) is 17.1 Å². The molecule has 4 heteroatoms. The molecule has 0 fully saturated rings. The lowest BCUT2D eigenvalue weighted by Crippen LogP contribution is -2.17. The standard InChI is InChI=1S/C17H18BN3/c1-4-21(15-10-9-14(18)11-13(15)12-19)17-8-6-5-7-16(17)20(2)3/h4-11H,1,18H2,2-3H3. The fourth-order valence-corrected chi connectivity index (χ4v) is 2.32. The molecule has 0 aromatic heterocycles. The molecule has 0 radical (unpaired) electrons. The number of benzene rings is 2. The van der Waals surface area contributed by atoms with Gasteiger partial charge >= 0.3 is 0 Å². The number of rotatable bonds is 4. The summed E-state index contributed by atoms with van der Waals surface area (Å²) >= 11 is 0. The van der Waals surface area contributed by atoms with Gasteiger partial charge in [-0.2, -0.15) is 5.26 Å². The van der Waals surface area contributed by atoms with Crippen LogP contribution in [0.5, 0.6) is 0 Å². The molecule has 0 spiro atoms. The second-order valence-electron chi connectivity index (χ2n) is 5.07. The van der Waals surface area contributed by atoms with Crippen molar-refractivity contribution in [3.8, 4) is 6.07 Å². The van der Waals surface area contributed by atoms with E-state index in [1.54, 1.807) is 6.20 Å². The molecule has 0 N–H and O–H groups in total. The zero-order chi connectivity index (χ0) is 15.4. The van der Waals surface area contributed by atoms with Crippen molar-refractivity contribution in [2.24, 2.45) is 0 Å². The van der Waals surface area contributed by atoms with Gasteiger partial charge in [0.25, 0.3) is 0 Å². The monoisotopic (exact) mass is 275 g/mol. The Morgan fingerprint density at radius 2 is 1.76 bits per heavy atom. The van der Waals surface area contributed by atoms with E-state index in [0.29, 0.717) is 5.56 Å². The van der Waals surface area contributed by atoms with Crippen LogP contribution >= 0.6 is 0 Å². The smallest absolute Gasteiger partial charge is 0.139 e. The highest BCUT2D eigenvalue weighted by Gasteiger charge is 2.15. The molecule has 3 nitrogen and oxygen atoms in total. The average molecular weight is 275 g/mol. The van der Waals surface area contributed by atoms with E-state index in [1.165, 1.54) is 0 Å². The minimum atomic E-state index is 0.642. The molecule has 0 atom stereocenters. The topological polar surface area (TPSA) is 30.3 Å². The van der Waals surface area contributed by atoms with Crippen molar-refractivity contribution in [2.75, 3.05) is 23.9 Å². The van der Waals surface area contributed by atoms with E-state index in [2.05, 4.69) is 12.6 Å². The van der Waals surface area contributed by atoms with E-state index in [4.69, 9.17) is 0 Å². The van der Waals surface area contributed by atoms with Crippen LogP contribution in [-0.4, -0.2) is 21.9 Å². The Kier molecular flexibility index (Phi) is 4.34. The van der Waals surface area contributed by atoms with Crippen molar-refractivity contribution in [3.63, 3.8) is 0 Å². The van der Waals surface area contributed by atoms with E-state index in [1.807, 2.05) is 74.2 Å². The number of anilines is 3. The van der Waals surface area contributed by atoms with Crippen LogP contribution in [0.2, 0.25) is 0 Å². The third-order valence-electron chi connectivity index (χ3n) is 3.34. The Balaban J connectivity index is 2.61. The fraction of sp³-hybridized carbons (Fsp3) is 0.118. The van der Waals surface area contributed by atoms with Crippen LogP contribution in [0.3, 0.4) is 0 Å². The second kappa shape index (κ2) is 6.19. The third-order valence-corrected chi connectivity index (χ3v) is 3.34. The summed E-state index contributed by atoms with van der Waals surface area (Å²) in [5.74, 6) is 0. The molecule has 2 aromatic rings. The van der Waals surface area contributed by atoms with Gasteiger partial charge in [0.2, 0.25) is 0 Å². The van der Waals surface area contributed by atoms with E-state index >= 15 is 0 Å². The summed E-state index contributed by atoms with van der Waals surface area (Å²) in [6.45, 7) is 3.91. The molecule has 0 aliphatic heterocycles. The predicted molar refractivity (Wildman–Crippen MR) is 92.4 cm³/mol. The van der Waals surface area contributed by atoms with Gasteiger partial charge in [-0.3, -0.25) is 0 Å². The second-order valence-corrected chi connectivity index (χ2v) is 5.07. The van der Waals surface area contributed by atoms with Crippen molar-refractivity contribution in [3.05, 3.63) is 60.8 Å². The van der Waals surface area contributed by atoms with Crippen molar-refractivity contribution in [1.82, 2.24) is 0 Å². The molecule has 0 saturated heterocycles. The lowest BCUT2D eigenvalue weighted by Gasteiger charge is -2.27. The van der Waals surface area contributed by atoms with Gasteiger partial charge in [0.05, 0.1) is 22.6 Å². The summed E-state index contributed by atoms with van der Waals surface area (Å²) in [5, 5.41) is 9.39. The maximum absolute atomic E-state index is 9.39. The lowest BCUT2D eigenvalue weighted by molar-refractivity contribution is 1.12. The number of nitriles is 1. The molecule has 104 valence electrons. The van der Waals surface area contributed by atoms with Gasteiger partial charge in [-0.05, 0) is 24.3 Å². The van der Waals surface area contributed by atoms with Gasteiger partial charge in [-0.25, -0.2) is 0 Å². The van der Waals surface area contributed by atoms with Gasteiger partial charge in [-0.15, -0.1) is 0 Å². The van der Waals surface area contributed by atoms with Crippen molar-refractivity contribution < 1.29 is 0 Å². The number of nitrogens with zero attached hydrogens (tertiary/aromatic N) is 3. The van der Waals surface area contributed by atoms with Gasteiger partial charge < -0.3 is 9.80 Å². The third kappa shape index (κ3) is 2.92. The van der Waals surface area contributed by atoms with Crippen molar-refractivity contribution >= 4 is 30.4 Å². The molecule has 0 amide bonds. The highest BCUT2D eigenvalue weighted by Crippen LogP contribution is 2.34. The van der Waals surface area contributed by atoms with Crippen molar-refractivity contribution in [1.29, 1.82) is 5.26 Å². The van der Waals surface area contributed by atoms with Gasteiger partial charge in [0.1, 0.15) is 13.9 Å². The largest absolute Gasteiger partial charge is 0.376 e. The van der Waals surface area contributed by atoms with Crippen LogP contribution in [-0.2, 0) is 0 Å². The predicted octanol–water partition coefficient (Wildman–Crippen LogP) is 2.16. The number of para-hydroxylation sites is 2. The SMILES string of the molecule is Bc1ccc(N(C=C)c2ccccc2N(C)C)c(C#N)c1. The van der Waals surface area contributed by atoms with E-state index in [-0.39, 0.29) is 0 Å². The van der Waals surface area contributed by atoms with Crippen LogP contribution in [0, 0.1) is 11.3 Å². The Morgan fingerprint density at radius 1 is 1.10 bits per heavy atom. The minimum Gasteiger partial charge on any atom is -0.376 e. The molecular weight excluding hydrogens is 257 g/mol. The zero-order valence-corrected chi connectivity index (χ0v) is 12.7. The van der Waals surface area contributed by atoms with Crippen molar-refractivity contribution in [2.45, 2.75) is 0 Å². The first-order valence-corrected chi connectivity index (χ1v) is 6.77. The van der Waals surface area contributed by atoms with E-state index in [9.17, 15) is 5.26 Å². The van der Waals surface area contributed by atoms with Gasteiger partial charge in [-0.1, -0.05) is 30.2 Å². The van der Waals surface area contributed by atoms with Crippen LogP contribution in [0.15, 0.2) is 55.2 Å². The molecule has 0 aliphatic rings. The Morgan fingerprint density at radius 3 is 2.33 bits per heavy atom. The zero-order valence-electron chi connectivity index (χ0n) is 12.7. The number of hydrogen-bond acceptors (Lipinski definition) is 3. The lowest BCUT2D eigenvalue weighted by atomic mass is 9.93. The Bertz CT molecular complexity index is 701. The molecule has 0 aliphatic carbocycles. The maximum Gasteiger partial charge on any atom is 0.139 e. The Hall–Kier alpha value is -2.67. The molecule has 0 bridgehead atoms. The molecule has 0 heterocycles. The molecular formula is C17H18BN3. The summed E-state index contributed by atoms with van der Waals surface area (Å²) in [7, 11) is 5.98. The molecule has 2 rings (SSSR count). The average Bonchev–Trinajstić information content (AvgIpc) is 2.49. The fourth-order valence-electron chi connectivity index (χ4n) is 2.32. The molecule has 21 heavy (non-hydrogen) atoms. The highest BCUT2D eigenvalue weighted by molar-refractivity contribution is 6.32. The minimum absolute atomic E-state index is 0.642. The highest BCUT2D eigenvalue weighted by atomic mass is 15.2. The van der Waals surface area contributed by atoms with Crippen LogP contribution in [0.1, 0.15) is 5.56 Å². The van der Waals surface area contributed by atoms with Gasteiger partial charge in [0.15, 0.2) is 0 Å².